The van der Waals surface area contributed by atoms with E-state index in [0.29, 0.717) is 39.3 Å². The molecule has 0 fully saturated rings. The van der Waals surface area contributed by atoms with E-state index in [0.717, 1.165) is 53.3 Å². The van der Waals surface area contributed by atoms with E-state index in [1.165, 1.54) is 0 Å². The van der Waals surface area contributed by atoms with E-state index in [-0.39, 0.29) is 44.7 Å². The van der Waals surface area contributed by atoms with Crippen LogP contribution in [0.3, 0.4) is 0 Å². The third kappa shape index (κ3) is 22.4. The Hall–Kier alpha value is -4.57. The molecule has 58 heavy (non-hydrogen) atoms. The third-order valence-electron chi connectivity index (χ3n) is 6.91. The summed E-state index contributed by atoms with van der Waals surface area (Å²) in [6, 6.07) is 27.7. The summed E-state index contributed by atoms with van der Waals surface area (Å²) in [6.07, 6.45) is 7.21. The topological polar surface area (TPSA) is 219 Å². The van der Waals surface area contributed by atoms with Crippen LogP contribution in [0.1, 0.15) is 53.3 Å². The van der Waals surface area contributed by atoms with Crippen molar-refractivity contribution < 1.29 is 90.0 Å². The zero-order chi connectivity index (χ0) is 41.7. The molecule has 5 rings (SSSR count). The van der Waals surface area contributed by atoms with Gasteiger partial charge in [-0.2, -0.15) is 13.2 Å². The van der Waals surface area contributed by atoms with E-state index in [4.69, 9.17) is 32.8 Å². The zero-order valence-corrected chi connectivity index (χ0v) is 38.8. The molecule has 0 aliphatic rings. The van der Waals surface area contributed by atoms with Crippen LogP contribution in [0.25, 0.3) is 0 Å². The molecular formula is C38H39F3N6O8SZn2. The number of alkyl halides is 3. The number of benzene rings is 1. The van der Waals surface area contributed by atoms with Crippen LogP contribution < -0.4 is 15.3 Å². The maximum absolute atomic E-state index is 13.9. The van der Waals surface area contributed by atoms with Gasteiger partial charge in [-0.05, 0) is 80.4 Å². The zero-order valence-electron chi connectivity index (χ0n) is 32.0. The summed E-state index contributed by atoms with van der Waals surface area (Å²) in [6.45, 7) is 7.47. The molecule has 14 nitrogen and oxygen atoms in total. The Morgan fingerprint density at radius 3 is 1.03 bits per heavy atom. The molecule has 0 N–H and O–H groups in total. The van der Waals surface area contributed by atoms with Crippen molar-refractivity contribution in [1.82, 2.24) is 29.7 Å². The number of carbonyl (C=O) groups excluding carboxylic acids is 2. The van der Waals surface area contributed by atoms with Crippen LogP contribution in [-0.2, 0) is 97.9 Å². The summed E-state index contributed by atoms with van der Waals surface area (Å²) in [4.78, 5) is 40.3. The van der Waals surface area contributed by atoms with E-state index in [9.17, 15) is 18.3 Å². The van der Waals surface area contributed by atoms with Gasteiger partial charge in [-0.15, -0.1) is 0 Å². The Morgan fingerprint density at radius 2 is 0.845 bits per heavy atom. The van der Waals surface area contributed by atoms with E-state index in [1.807, 2.05) is 84.9 Å². The fraction of sp³-hybridized carbons (Fsp3) is 0.263. The fourth-order valence-corrected chi connectivity index (χ4v) is 4.86. The molecule has 0 aliphatic carbocycles. The molecule has 0 atom stereocenters. The number of aromatic nitrogens is 4. The number of rotatable bonds is 12. The molecule has 0 amide bonds. The summed E-state index contributed by atoms with van der Waals surface area (Å²) in [5.74, 6) is -2.09. The quantitative estimate of drug-likeness (QED) is 0.0999. The van der Waals surface area contributed by atoms with Crippen molar-refractivity contribution in [1.29, 1.82) is 0 Å². The number of pyridine rings is 4. The van der Waals surface area contributed by atoms with Crippen molar-refractivity contribution in [3.05, 3.63) is 149 Å². The van der Waals surface area contributed by atoms with Gasteiger partial charge in [-0.1, -0.05) is 47.7 Å². The molecule has 1 aromatic carbocycles. The number of hydrogen-bond donors (Lipinski definition) is 0. The predicted molar refractivity (Wildman–Crippen MR) is 191 cm³/mol. The van der Waals surface area contributed by atoms with Crippen LogP contribution in [0.15, 0.2) is 110 Å². The molecule has 0 spiro atoms. The van der Waals surface area contributed by atoms with E-state index >= 15 is 0 Å². The van der Waals surface area contributed by atoms with Crippen LogP contribution in [0.2, 0.25) is 0 Å². The van der Waals surface area contributed by atoms with Crippen LogP contribution in [0.4, 0.5) is 13.2 Å². The largest absolute Gasteiger partial charge is 2.00 e. The van der Waals surface area contributed by atoms with E-state index < -0.39 is 27.6 Å². The number of hydrogen-bond acceptors (Lipinski definition) is 14. The van der Waals surface area contributed by atoms with Gasteiger partial charge in [0, 0.05) is 76.0 Å². The number of carbonyl (C=O) groups is 2. The van der Waals surface area contributed by atoms with Crippen molar-refractivity contribution in [2.45, 2.75) is 65.5 Å². The second-order valence-corrected chi connectivity index (χ2v) is 13.2. The Kier molecular flexibility index (Phi) is 25.0. The fourth-order valence-electron chi connectivity index (χ4n) is 4.86. The van der Waals surface area contributed by atoms with Gasteiger partial charge in [0.15, 0.2) is 10.1 Å². The molecule has 300 valence electrons. The molecule has 4 heterocycles. The minimum atomic E-state index is -6.09. The van der Waals surface area contributed by atoms with Gasteiger partial charge >= 0.3 is 44.5 Å². The van der Waals surface area contributed by atoms with Gasteiger partial charge in [0.2, 0.25) is 0 Å². The Morgan fingerprint density at radius 1 is 0.603 bits per heavy atom. The van der Waals surface area contributed by atoms with Gasteiger partial charge in [-0.3, -0.25) is 29.7 Å². The molecule has 0 saturated heterocycles. The maximum atomic E-state index is 13.9. The minimum Gasteiger partial charge on any atom is -0.872 e. The molecule has 0 bridgehead atoms. The van der Waals surface area contributed by atoms with Crippen molar-refractivity contribution in [2.75, 3.05) is 0 Å². The predicted octanol–water partition coefficient (Wildman–Crippen LogP) is 2.61. The number of halogens is 3. The van der Waals surface area contributed by atoms with Crippen LogP contribution in [-0.4, -0.2) is 60.2 Å². The standard InChI is InChI=1S/C33H34N6O.2C2H4O2.CHF3O3S.2Zn/c1-26-18-27(20-38(22-29-10-2-6-14-34-29)23-30-11-3-7-15-35-30)33(40)28(19-26)21-39(24-31-12-4-8-16-36-31)25-32-13-5-9-17-37-32;2*1-2(3)4;2-1(3,4)8(5,6)7;;/h2-19,40H,20-25H2,1H3;2*1H3,(H,3,4);(H,5,6,7);;/q;;;;2*+2/p-4. The van der Waals surface area contributed by atoms with Gasteiger partial charge in [-0.25, -0.2) is 8.42 Å². The Balaban J connectivity index is 0.00000154. The molecule has 0 unspecified atom stereocenters. The smallest absolute Gasteiger partial charge is 0.872 e. The molecule has 0 radical (unpaired) electrons. The van der Waals surface area contributed by atoms with E-state index in [2.05, 4.69) is 36.7 Å². The summed E-state index contributed by atoms with van der Waals surface area (Å²) < 4.78 is 58.9. The third-order valence-corrected chi connectivity index (χ3v) is 7.47. The van der Waals surface area contributed by atoms with Crippen molar-refractivity contribution >= 4 is 22.1 Å². The molecule has 0 saturated carbocycles. The molecule has 4 aromatic heterocycles. The first-order chi connectivity index (χ1) is 26.3. The average molecular weight is 928 g/mol. The van der Waals surface area contributed by atoms with Crippen molar-refractivity contribution in [2.24, 2.45) is 0 Å². The van der Waals surface area contributed by atoms with Crippen LogP contribution >= 0.6 is 0 Å². The van der Waals surface area contributed by atoms with Crippen molar-refractivity contribution in [3.8, 4) is 5.75 Å². The average Bonchev–Trinajstić information content (AvgIpc) is 3.11. The summed E-state index contributed by atoms with van der Waals surface area (Å²) in [5.41, 5.74) is 0.788. The number of nitrogens with zero attached hydrogens (tertiary/aromatic N) is 6. The van der Waals surface area contributed by atoms with Gasteiger partial charge in [0.1, 0.15) is 0 Å². The van der Waals surface area contributed by atoms with Crippen molar-refractivity contribution in [3.63, 3.8) is 0 Å². The van der Waals surface area contributed by atoms with Gasteiger partial charge < -0.3 is 29.5 Å². The van der Waals surface area contributed by atoms with E-state index in [1.54, 1.807) is 24.8 Å². The Bertz CT molecular complexity index is 1830. The number of carboxylic acid groups (broad SMARTS) is 2. The summed E-state index contributed by atoms with van der Waals surface area (Å²) >= 11 is 0. The first-order valence-corrected chi connectivity index (χ1v) is 18.0. The first kappa shape index (κ1) is 53.4. The Labute approximate surface area is 360 Å². The van der Waals surface area contributed by atoms with Crippen LogP contribution in [0, 0.1) is 6.92 Å². The maximum Gasteiger partial charge on any atom is 2.00 e. The first-order valence-electron chi connectivity index (χ1n) is 16.5. The van der Waals surface area contributed by atoms with Gasteiger partial charge in [0.25, 0.3) is 0 Å². The second-order valence-electron chi connectivity index (χ2n) is 11.9. The molecule has 5 aromatic rings. The monoisotopic (exact) mass is 924 g/mol. The molecular weight excluding hydrogens is 888 g/mol. The summed E-state index contributed by atoms with van der Waals surface area (Å²) in [7, 11) is -6.09. The van der Waals surface area contributed by atoms with Crippen LogP contribution in [0.5, 0.6) is 5.75 Å². The minimum absolute atomic E-state index is 0. The van der Waals surface area contributed by atoms with Gasteiger partial charge in [0.05, 0.1) is 22.8 Å². The number of aliphatic carboxylic acids is 2. The second kappa shape index (κ2) is 27.2. The molecule has 0 aliphatic heterocycles. The number of aryl methyl sites for hydroxylation is 1. The SMILES string of the molecule is CC(=O)[O-].CC(=O)[O-].Cc1cc(CN(Cc2ccccn2)Cc2ccccn2)c([O-])c(CN(Cc2ccccn2)Cc2ccccn2)c1.O=S(=O)([O-])C(F)(F)F.[Zn+2].[Zn+2]. The summed E-state index contributed by atoms with van der Waals surface area (Å²) in [5, 5.41) is 31.7. The molecule has 20 heteroatoms. The number of carboxylic acids is 2. The normalized spacial score (nSPS) is 10.6.